The highest BCUT2D eigenvalue weighted by atomic mass is 16.6. The number of benzene rings is 2. The molecule has 0 N–H and O–H groups in total. The number of rotatable bonds is 7. The van der Waals surface area contributed by atoms with Crippen LogP contribution in [0.25, 0.3) is 11.5 Å². The van der Waals surface area contributed by atoms with E-state index in [-0.39, 0.29) is 18.3 Å². The Morgan fingerprint density at radius 1 is 1.00 bits per heavy atom. The molecule has 0 radical (unpaired) electrons. The quantitative estimate of drug-likeness (QED) is 0.394. The summed E-state index contributed by atoms with van der Waals surface area (Å²) in [5.41, 5.74) is 1.89. The highest BCUT2D eigenvalue weighted by molar-refractivity contribution is 5.86. The maximum atomic E-state index is 12.4. The molecule has 7 heteroatoms. The highest BCUT2D eigenvalue weighted by Gasteiger charge is 2.22. The van der Waals surface area contributed by atoms with Crippen molar-refractivity contribution in [3.05, 3.63) is 89.7 Å². The summed E-state index contributed by atoms with van der Waals surface area (Å²) in [6, 6.07) is 20.3. The largest absolute Gasteiger partial charge is 0.486 e. The zero-order valence-corrected chi connectivity index (χ0v) is 16.6. The molecule has 1 atom stereocenters. The van der Waals surface area contributed by atoms with Crippen LogP contribution in [0.2, 0.25) is 0 Å². The lowest BCUT2D eigenvalue weighted by atomic mass is 10.1. The van der Waals surface area contributed by atoms with Crippen LogP contribution < -0.4 is 4.74 Å². The summed E-state index contributed by atoms with van der Waals surface area (Å²) in [4.78, 5) is 12.4. The van der Waals surface area contributed by atoms with Gasteiger partial charge in [-0.2, -0.15) is 0 Å². The molecular weight excluding hydrogens is 384 g/mol. The van der Waals surface area contributed by atoms with Gasteiger partial charge >= 0.3 is 5.97 Å². The minimum absolute atomic E-state index is 0.0759. The van der Waals surface area contributed by atoms with Crippen molar-refractivity contribution < 1.29 is 23.1 Å². The predicted molar refractivity (Wildman–Crippen MR) is 108 cm³/mol. The molecule has 0 bridgehead atoms. The van der Waals surface area contributed by atoms with E-state index in [1.54, 1.807) is 19.1 Å². The van der Waals surface area contributed by atoms with Gasteiger partial charge in [0.1, 0.15) is 18.1 Å². The molecule has 2 aromatic heterocycles. The van der Waals surface area contributed by atoms with Crippen LogP contribution in [0.4, 0.5) is 0 Å². The number of carbonyl (C=O) groups is 1. The second kappa shape index (κ2) is 8.65. The van der Waals surface area contributed by atoms with Crippen LogP contribution >= 0.6 is 0 Å². The maximum Gasteiger partial charge on any atom is 0.375 e. The third-order valence-electron chi connectivity index (χ3n) is 4.32. The number of aryl methyl sites for hydroxylation is 1. The molecular formula is C23H20N2O5. The zero-order chi connectivity index (χ0) is 20.9. The summed E-state index contributed by atoms with van der Waals surface area (Å²) in [5, 5.41) is 8.03. The monoisotopic (exact) mass is 404 g/mol. The fourth-order valence-corrected chi connectivity index (χ4v) is 2.80. The summed E-state index contributed by atoms with van der Waals surface area (Å²) in [6.07, 6.45) is -0.724. The molecule has 0 saturated carbocycles. The van der Waals surface area contributed by atoms with Crippen molar-refractivity contribution in [1.29, 1.82) is 0 Å². The SMILES string of the molecule is Cc1cccc(-c2nnc(C(C)OC(=O)c3ccc(COc4ccccc4)o3)o2)c1. The van der Waals surface area contributed by atoms with E-state index in [2.05, 4.69) is 10.2 Å². The molecule has 0 amide bonds. The molecule has 0 aliphatic carbocycles. The average Bonchev–Trinajstić information content (AvgIpc) is 3.43. The second-order valence-electron chi connectivity index (χ2n) is 6.73. The Hall–Kier alpha value is -3.87. The van der Waals surface area contributed by atoms with Gasteiger partial charge in [0.05, 0.1) is 0 Å². The van der Waals surface area contributed by atoms with Gasteiger partial charge in [-0.05, 0) is 50.2 Å². The van der Waals surface area contributed by atoms with Gasteiger partial charge in [-0.1, -0.05) is 35.9 Å². The van der Waals surface area contributed by atoms with Crippen LogP contribution in [-0.2, 0) is 11.3 Å². The molecule has 0 fully saturated rings. The van der Waals surface area contributed by atoms with Gasteiger partial charge in [0.15, 0.2) is 6.10 Å². The van der Waals surface area contributed by atoms with Gasteiger partial charge in [-0.3, -0.25) is 0 Å². The number of carbonyl (C=O) groups excluding carboxylic acids is 1. The van der Waals surface area contributed by atoms with Crippen LogP contribution in [0, 0.1) is 6.92 Å². The van der Waals surface area contributed by atoms with E-state index in [0.29, 0.717) is 17.4 Å². The van der Waals surface area contributed by atoms with E-state index in [4.69, 9.17) is 18.3 Å². The molecule has 2 aromatic carbocycles. The molecule has 0 spiro atoms. The number of hydrogen-bond donors (Lipinski definition) is 0. The first-order valence-electron chi connectivity index (χ1n) is 9.46. The number of para-hydroxylation sites is 1. The summed E-state index contributed by atoms with van der Waals surface area (Å²) >= 11 is 0. The first-order chi connectivity index (χ1) is 14.6. The molecule has 1 unspecified atom stereocenters. The third-order valence-corrected chi connectivity index (χ3v) is 4.32. The van der Waals surface area contributed by atoms with Crippen molar-refractivity contribution in [3.8, 4) is 17.2 Å². The number of aromatic nitrogens is 2. The van der Waals surface area contributed by atoms with E-state index < -0.39 is 12.1 Å². The topological polar surface area (TPSA) is 87.6 Å². The van der Waals surface area contributed by atoms with Crippen molar-refractivity contribution in [2.24, 2.45) is 0 Å². The molecule has 0 aliphatic heterocycles. The summed E-state index contributed by atoms with van der Waals surface area (Å²) in [6.45, 7) is 3.85. The van der Waals surface area contributed by atoms with Crippen LogP contribution in [-0.4, -0.2) is 16.2 Å². The fraction of sp³-hybridized carbons (Fsp3) is 0.174. The smallest absolute Gasteiger partial charge is 0.375 e. The number of furan rings is 1. The number of hydrogen-bond acceptors (Lipinski definition) is 7. The molecule has 0 aliphatic rings. The van der Waals surface area contributed by atoms with Gasteiger partial charge in [-0.25, -0.2) is 4.79 Å². The fourth-order valence-electron chi connectivity index (χ4n) is 2.80. The maximum absolute atomic E-state index is 12.4. The lowest BCUT2D eigenvalue weighted by Crippen LogP contribution is -2.08. The minimum atomic E-state index is -0.724. The molecule has 30 heavy (non-hydrogen) atoms. The Balaban J connectivity index is 1.36. The van der Waals surface area contributed by atoms with Crippen molar-refractivity contribution in [3.63, 3.8) is 0 Å². The van der Waals surface area contributed by atoms with Crippen molar-refractivity contribution in [2.45, 2.75) is 26.6 Å². The standard InChI is InChI=1S/C23H20N2O5/c1-15-7-6-8-17(13-15)22-25-24-21(30-22)16(2)28-23(26)20-12-11-19(29-20)14-27-18-9-4-3-5-10-18/h3-13,16H,14H2,1-2H3. The Morgan fingerprint density at radius 3 is 2.63 bits per heavy atom. The molecule has 2 heterocycles. The van der Waals surface area contributed by atoms with Gasteiger partial charge in [0.25, 0.3) is 5.89 Å². The van der Waals surface area contributed by atoms with E-state index >= 15 is 0 Å². The normalized spacial score (nSPS) is 11.8. The van der Waals surface area contributed by atoms with E-state index in [1.165, 1.54) is 0 Å². The Morgan fingerprint density at radius 2 is 1.83 bits per heavy atom. The average molecular weight is 404 g/mol. The van der Waals surface area contributed by atoms with Crippen molar-refractivity contribution in [2.75, 3.05) is 0 Å². The lowest BCUT2D eigenvalue weighted by Gasteiger charge is -2.07. The second-order valence-corrected chi connectivity index (χ2v) is 6.73. The van der Waals surface area contributed by atoms with Gasteiger partial charge in [0, 0.05) is 5.56 Å². The van der Waals surface area contributed by atoms with Gasteiger partial charge in [0.2, 0.25) is 11.7 Å². The number of nitrogens with zero attached hydrogens (tertiary/aromatic N) is 2. The molecule has 152 valence electrons. The van der Waals surface area contributed by atoms with Crippen LogP contribution in [0.15, 0.2) is 75.6 Å². The van der Waals surface area contributed by atoms with Crippen molar-refractivity contribution in [1.82, 2.24) is 10.2 Å². The predicted octanol–water partition coefficient (Wildman–Crippen LogP) is 5.14. The van der Waals surface area contributed by atoms with Crippen LogP contribution in [0.3, 0.4) is 0 Å². The molecule has 0 saturated heterocycles. The van der Waals surface area contributed by atoms with E-state index in [1.807, 2.05) is 61.5 Å². The summed E-state index contributed by atoms with van der Waals surface area (Å²) < 4.78 is 22.2. The highest BCUT2D eigenvalue weighted by Crippen LogP contribution is 2.24. The van der Waals surface area contributed by atoms with Crippen molar-refractivity contribution >= 4 is 5.97 Å². The Labute approximate surface area is 173 Å². The molecule has 4 rings (SSSR count). The number of ether oxygens (including phenoxy) is 2. The first kappa shape index (κ1) is 19.4. The third kappa shape index (κ3) is 4.57. The first-order valence-corrected chi connectivity index (χ1v) is 9.46. The van der Waals surface area contributed by atoms with Crippen LogP contribution in [0.5, 0.6) is 5.75 Å². The summed E-state index contributed by atoms with van der Waals surface area (Å²) in [5.74, 6) is 1.26. The minimum Gasteiger partial charge on any atom is -0.486 e. The Bertz CT molecular complexity index is 1130. The van der Waals surface area contributed by atoms with E-state index in [9.17, 15) is 4.79 Å². The molecule has 7 nitrogen and oxygen atoms in total. The summed E-state index contributed by atoms with van der Waals surface area (Å²) in [7, 11) is 0. The zero-order valence-electron chi connectivity index (χ0n) is 16.6. The number of esters is 1. The van der Waals surface area contributed by atoms with Crippen LogP contribution in [0.1, 0.15) is 40.8 Å². The van der Waals surface area contributed by atoms with Gasteiger partial charge in [-0.15, -0.1) is 10.2 Å². The van der Waals surface area contributed by atoms with E-state index in [0.717, 1.165) is 11.1 Å². The Kier molecular flexibility index (Phi) is 5.61. The molecule has 4 aromatic rings. The van der Waals surface area contributed by atoms with Gasteiger partial charge < -0.3 is 18.3 Å². The lowest BCUT2D eigenvalue weighted by molar-refractivity contribution is 0.0241.